The van der Waals surface area contributed by atoms with Crippen molar-refractivity contribution in [2.24, 2.45) is 0 Å². The Kier molecular flexibility index (Phi) is 3.22. The number of carbonyl (C=O) groups excluding carboxylic acids is 1. The van der Waals surface area contributed by atoms with Crippen LogP contribution in [0.25, 0.3) is 0 Å². The lowest BCUT2D eigenvalue weighted by Gasteiger charge is -2.04. The van der Waals surface area contributed by atoms with E-state index in [1.165, 1.54) is 0 Å². The molecule has 0 saturated carbocycles. The number of amides is 1. The maximum Gasteiger partial charge on any atom is 0.239 e. The molecule has 3 nitrogen and oxygen atoms in total. The molecule has 1 rings (SSSR count). The van der Waals surface area contributed by atoms with E-state index in [2.05, 4.69) is 26.2 Å². The zero-order valence-electron chi connectivity index (χ0n) is 6.62. The third-order valence-electron chi connectivity index (χ3n) is 1.28. The van der Waals surface area contributed by atoms with E-state index in [1.54, 1.807) is 25.3 Å². The minimum atomic E-state index is -0.195. The maximum atomic E-state index is 11.1. The van der Waals surface area contributed by atoms with E-state index in [1.807, 2.05) is 6.07 Å². The number of pyridine rings is 1. The normalized spacial score (nSPS) is 12.2. The third-order valence-corrected chi connectivity index (χ3v) is 1.69. The summed E-state index contributed by atoms with van der Waals surface area (Å²) in [4.78, 5) is 14.9. The molecule has 1 amide bonds. The standard InChI is InChI=1S/C8H9BrN2O/c1-6(9)8(12)11-7-4-2-3-5-10-7/h2-6H,1H3,(H,10,11,12)/t6-/m1/s1. The fourth-order valence-electron chi connectivity index (χ4n) is 0.662. The molecule has 0 spiro atoms. The zero-order chi connectivity index (χ0) is 8.97. The molecular formula is C8H9BrN2O. The Hall–Kier alpha value is -0.900. The van der Waals surface area contributed by atoms with Gasteiger partial charge in [0, 0.05) is 6.20 Å². The summed E-state index contributed by atoms with van der Waals surface area (Å²) in [6.07, 6.45) is 1.63. The molecule has 1 aromatic rings. The van der Waals surface area contributed by atoms with Crippen LogP contribution in [0.1, 0.15) is 6.92 Å². The molecule has 0 radical (unpaired) electrons. The first-order valence-corrected chi connectivity index (χ1v) is 4.47. The number of aromatic nitrogens is 1. The van der Waals surface area contributed by atoms with Crippen molar-refractivity contribution in [2.75, 3.05) is 5.32 Å². The number of nitrogens with one attached hydrogen (secondary N) is 1. The molecule has 12 heavy (non-hydrogen) atoms. The van der Waals surface area contributed by atoms with Gasteiger partial charge in [0.2, 0.25) is 5.91 Å². The van der Waals surface area contributed by atoms with Gasteiger partial charge >= 0.3 is 0 Å². The number of nitrogens with zero attached hydrogens (tertiary/aromatic N) is 1. The highest BCUT2D eigenvalue weighted by molar-refractivity contribution is 9.10. The summed E-state index contributed by atoms with van der Waals surface area (Å²) in [6.45, 7) is 1.76. The molecule has 0 fully saturated rings. The first kappa shape index (κ1) is 9.19. The van der Waals surface area contributed by atoms with Crippen molar-refractivity contribution in [1.82, 2.24) is 4.98 Å². The van der Waals surface area contributed by atoms with Gasteiger partial charge in [-0.05, 0) is 19.1 Å². The Bertz CT molecular complexity index is 261. The Labute approximate surface area is 79.3 Å². The molecule has 0 aliphatic rings. The number of hydrogen-bond donors (Lipinski definition) is 1. The van der Waals surface area contributed by atoms with Gasteiger partial charge in [-0.25, -0.2) is 4.98 Å². The van der Waals surface area contributed by atoms with Crippen molar-refractivity contribution in [3.05, 3.63) is 24.4 Å². The molecule has 1 atom stereocenters. The van der Waals surface area contributed by atoms with Crippen LogP contribution in [0, 0.1) is 0 Å². The maximum absolute atomic E-state index is 11.1. The van der Waals surface area contributed by atoms with E-state index in [0.29, 0.717) is 5.82 Å². The Balaban J connectivity index is 2.59. The van der Waals surface area contributed by atoms with Crippen LogP contribution in [0.2, 0.25) is 0 Å². The van der Waals surface area contributed by atoms with Crippen LogP contribution in [0.4, 0.5) is 5.82 Å². The highest BCUT2D eigenvalue weighted by atomic mass is 79.9. The minimum absolute atomic E-state index is 0.0892. The van der Waals surface area contributed by atoms with Gasteiger partial charge in [0.15, 0.2) is 0 Å². The summed E-state index contributed by atoms with van der Waals surface area (Å²) in [5.74, 6) is 0.488. The molecule has 1 heterocycles. The smallest absolute Gasteiger partial charge is 0.239 e. The lowest BCUT2D eigenvalue weighted by atomic mass is 10.4. The van der Waals surface area contributed by atoms with Crippen LogP contribution in [0.15, 0.2) is 24.4 Å². The van der Waals surface area contributed by atoms with Gasteiger partial charge in [-0.3, -0.25) is 4.79 Å². The number of rotatable bonds is 2. The van der Waals surface area contributed by atoms with Gasteiger partial charge in [-0.15, -0.1) is 0 Å². The number of alkyl halides is 1. The van der Waals surface area contributed by atoms with Crippen molar-refractivity contribution in [1.29, 1.82) is 0 Å². The first-order valence-electron chi connectivity index (χ1n) is 3.56. The summed E-state index contributed by atoms with van der Waals surface area (Å²) in [6, 6.07) is 5.36. The predicted octanol–water partition coefficient (Wildman–Crippen LogP) is 1.80. The van der Waals surface area contributed by atoms with Crippen LogP contribution >= 0.6 is 15.9 Å². The van der Waals surface area contributed by atoms with Gasteiger partial charge < -0.3 is 5.32 Å². The molecular weight excluding hydrogens is 220 g/mol. The SMILES string of the molecule is C[C@@H](Br)C(=O)Nc1ccccn1. The van der Waals surface area contributed by atoms with Crippen LogP contribution in [-0.4, -0.2) is 15.7 Å². The number of halogens is 1. The molecule has 4 heteroatoms. The predicted molar refractivity (Wildman–Crippen MR) is 51.3 cm³/mol. The second-order valence-electron chi connectivity index (χ2n) is 2.32. The molecule has 0 saturated heterocycles. The average molecular weight is 229 g/mol. The average Bonchev–Trinajstić information content (AvgIpc) is 2.06. The second-order valence-corrected chi connectivity index (χ2v) is 3.69. The van der Waals surface area contributed by atoms with Crippen LogP contribution in [0.5, 0.6) is 0 Å². The lowest BCUT2D eigenvalue weighted by Crippen LogP contribution is -2.20. The van der Waals surface area contributed by atoms with Gasteiger partial charge in [-0.2, -0.15) is 0 Å². The van der Waals surface area contributed by atoms with E-state index >= 15 is 0 Å². The third kappa shape index (κ3) is 2.62. The molecule has 0 aromatic carbocycles. The van der Waals surface area contributed by atoms with Crippen molar-refractivity contribution < 1.29 is 4.79 Å². The van der Waals surface area contributed by atoms with Crippen molar-refractivity contribution in [3.63, 3.8) is 0 Å². The summed E-state index contributed by atoms with van der Waals surface area (Å²) in [5.41, 5.74) is 0. The van der Waals surface area contributed by atoms with Crippen LogP contribution < -0.4 is 5.32 Å². The topological polar surface area (TPSA) is 42.0 Å². The van der Waals surface area contributed by atoms with E-state index < -0.39 is 0 Å². The van der Waals surface area contributed by atoms with Gasteiger partial charge in [0.25, 0.3) is 0 Å². The van der Waals surface area contributed by atoms with Crippen LogP contribution in [0.3, 0.4) is 0 Å². The molecule has 0 aliphatic heterocycles. The Morgan fingerprint density at radius 1 is 1.67 bits per heavy atom. The van der Waals surface area contributed by atoms with E-state index in [4.69, 9.17) is 0 Å². The lowest BCUT2D eigenvalue weighted by molar-refractivity contribution is -0.115. The monoisotopic (exact) mass is 228 g/mol. The fourth-order valence-corrected chi connectivity index (χ4v) is 0.777. The van der Waals surface area contributed by atoms with Gasteiger partial charge in [0.1, 0.15) is 5.82 Å². The molecule has 1 N–H and O–H groups in total. The van der Waals surface area contributed by atoms with Gasteiger partial charge in [0.05, 0.1) is 4.83 Å². The second kappa shape index (κ2) is 4.21. The summed E-state index contributed by atoms with van der Waals surface area (Å²) in [7, 11) is 0. The van der Waals surface area contributed by atoms with E-state index in [0.717, 1.165) is 0 Å². The summed E-state index contributed by atoms with van der Waals surface area (Å²) in [5, 5.41) is 2.64. The Morgan fingerprint density at radius 2 is 2.42 bits per heavy atom. The zero-order valence-corrected chi connectivity index (χ0v) is 8.21. The minimum Gasteiger partial charge on any atom is -0.310 e. The largest absolute Gasteiger partial charge is 0.310 e. The first-order chi connectivity index (χ1) is 5.70. The summed E-state index contributed by atoms with van der Waals surface area (Å²) < 4.78 is 0. The molecule has 0 unspecified atom stereocenters. The van der Waals surface area contributed by atoms with Crippen LogP contribution in [-0.2, 0) is 4.79 Å². The number of hydrogen-bond acceptors (Lipinski definition) is 2. The number of anilines is 1. The highest BCUT2D eigenvalue weighted by Crippen LogP contribution is 2.04. The van der Waals surface area contributed by atoms with Gasteiger partial charge in [-0.1, -0.05) is 22.0 Å². The van der Waals surface area contributed by atoms with Crippen molar-refractivity contribution >= 4 is 27.7 Å². The number of carbonyl (C=O) groups is 1. The highest BCUT2D eigenvalue weighted by Gasteiger charge is 2.07. The molecule has 0 bridgehead atoms. The quantitative estimate of drug-likeness (QED) is 0.785. The summed E-state index contributed by atoms with van der Waals surface area (Å²) >= 11 is 3.16. The molecule has 64 valence electrons. The van der Waals surface area contributed by atoms with Crippen molar-refractivity contribution in [3.8, 4) is 0 Å². The van der Waals surface area contributed by atoms with E-state index in [9.17, 15) is 4.79 Å². The Morgan fingerprint density at radius 3 is 2.92 bits per heavy atom. The van der Waals surface area contributed by atoms with E-state index in [-0.39, 0.29) is 10.7 Å². The molecule has 0 aliphatic carbocycles. The fraction of sp³-hybridized carbons (Fsp3) is 0.250. The van der Waals surface area contributed by atoms with Crippen molar-refractivity contribution in [2.45, 2.75) is 11.8 Å². The molecule has 1 aromatic heterocycles.